The van der Waals surface area contributed by atoms with E-state index < -0.39 is 0 Å². The van der Waals surface area contributed by atoms with Gasteiger partial charge in [0.05, 0.1) is 0 Å². The first kappa shape index (κ1) is 13.1. The molecule has 0 heterocycles. The van der Waals surface area contributed by atoms with Crippen molar-refractivity contribution in [3.63, 3.8) is 0 Å². The van der Waals surface area contributed by atoms with Crippen LogP contribution in [0.3, 0.4) is 0 Å². The highest BCUT2D eigenvalue weighted by atomic mass is 19.1. The van der Waals surface area contributed by atoms with Crippen LogP contribution in [0.5, 0.6) is 0 Å². The fourth-order valence-corrected chi connectivity index (χ4v) is 2.42. The number of ketones is 1. The second kappa shape index (κ2) is 4.90. The van der Waals surface area contributed by atoms with Crippen molar-refractivity contribution >= 4 is 27.9 Å². The van der Waals surface area contributed by atoms with E-state index >= 15 is 0 Å². The summed E-state index contributed by atoms with van der Waals surface area (Å²) in [6.45, 7) is 0. The lowest BCUT2D eigenvalue weighted by atomic mass is 9.96. The van der Waals surface area contributed by atoms with Gasteiger partial charge in [-0.15, -0.1) is 0 Å². The Balaban J connectivity index is 2.20. The van der Waals surface area contributed by atoms with Crippen molar-refractivity contribution in [3.8, 4) is 0 Å². The first-order valence-electron chi connectivity index (χ1n) is 6.44. The van der Waals surface area contributed by atoms with Gasteiger partial charge in [-0.25, -0.2) is 4.39 Å². The molecule has 21 heavy (non-hydrogen) atoms. The highest BCUT2D eigenvalue weighted by molar-refractivity contribution is 6.17. The van der Waals surface area contributed by atoms with Gasteiger partial charge < -0.3 is 11.5 Å². The van der Waals surface area contributed by atoms with E-state index in [9.17, 15) is 9.18 Å². The summed E-state index contributed by atoms with van der Waals surface area (Å²) >= 11 is 0. The van der Waals surface area contributed by atoms with Crippen LogP contribution in [-0.4, -0.2) is 5.78 Å². The molecule has 0 aliphatic rings. The van der Waals surface area contributed by atoms with E-state index in [0.717, 1.165) is 0 Å². The third kappa shape index (κ3) is 2.31. The molecule has 3 aromatic rings. The van der Waals surface area contributed by atoms with Gasteiger partial charge in [0.1, 0.15) is 5.82 Å². The summed E-state index contributed by atoms with van der Waals surface area (Å²) in [5.41, 5.74) is 13.1. The van der Waals surface area contributed by atoms with Crippen molar-refractivity contribution in [1.29, 1.82) is 0 Å². The fraction of sp³-hybridized carbons (Fsp3) is 0. The molecule has 3 rings (SSSR count). The Hall–Kier alpha value is -2.88. The Morgan fingerprint density at radius 1 is 0.857 bits per heavy atom. The Morgan fingerprint density at radius 2 is 1.48 bits per heavy atom. The number of fused-ring (bicyclic) bond motifs is 1. The van der Waals surface area contributed by atoms with E-state index in [2.05, 4.69) is 0 Å². The molecule has 3 nitrogen and oxygen atoms in total. The molecule has 0 saturated carbocycles. The van der Waals surface area contributed by atoms with Crippen LogP contribution in [0.25, 0.3) is 10.8 Å². The predicted molar refractivity (Wildman–Crippen MR) is 82.6 cm³/mol. The van der Waals surface area contributed by atoms with Crippen LogP contribution < -0.4 is 11.5 Å². The quantitative estimate of drug-likeness (QED) is 0.558. The Bertz CT molecular complexity index is 838. The summed E-state index contributed by atoms with van der Waals surface area (Å²) in [6, 6.07) is 14.4. The molecule has 3 aromatic carbocycles. The van der Waals surface area contributed by atoms with Gasteiger partial charge in [-0.3, -0.25) is 4.79 Å². The molecule has 0 aliphatic heterocycles. The molecule has 0 fully saturated rings. The minimum Gasteiger partial charge on any atom is -0.399 e. The van der Waals surface area contributed by atoms with Crippen molar-refractivity contribution in [2.75, 3.05) is 11.5 Å². The largest absolute Gasteiger partial charge is 0.399 e. The number of halogens is 1. The lowest BCUT2D eigenvalue weighted by Crippen LogP contribution is -2.05. The topological polar surface area (TPSA) is 69.1 Å². The zero-order valence-electron chi connectivity index (χ0n) is 11.1. The molecular weight excluding hydrogens is 267 g/mol. The van der Waals surface area contributed by atoms with Gasteiger partial charge in [0, 0.05) is 27.9 Å². The Morgan fingerprint density at radius 3 is 2.14 bits per heavy atom. The minimum atomic E-state index is -0.353. The molecule has 0 atom stereocenters. The van der Waals surface area contributed by atoms with Crippen molar-refractivity contribution in [2.45, 2.75) is 0 Å². The first-order valence-corrected chi connectivity index (χ1v) is 6.44. The highest BCUT2D eigenvalue weighted by Gasteiger charge is 2.15. The molecule has 0 aromatic heterocycles. The second-order valence-electron chi connectivity index (χ2n) is 4.86. The van der Waals surface area contributed by atoms with E-state index in [4.69, 9.17) is 11.5 Å². The third-order valence-electron chi connectivity index (χ3n) is 3.36. The number of anilines is 2. The monoisotopic (exact) mass is 280 g/mol. The molecule has 4 N–H and O–H groups in total. The van der Waals surface area contributed by atoms with Crippen LogP contribution in [0.1, 0.15) is 15.9 Å². The van der Waals surface area contributed by atoms with Gasteiger partial charge in [0.25, 0.3) is 0 Å². The number of hydrogen-bond acceptors (Lipinski definition) is 3. The van der Waals surface area contributed by atoms with Crippen molar-refractivity contribution < 1.29 is 9.18 Å². The summed E-state index contributed by atoms with van der Waals surface area (Å²) in [5.74, 6) is -0.584. The van der Waals surface area contributed by atoms with E-state index in [1.165, 1.54) is 12.1 Å². The van der Waals surface area contributed by atoms with Gasteiger partial charge in [0.2, 0.25) is 0 Å². The summed E-state index contributed by atoms with van der Waals surface area (Å²) in [4.78, 5) is 12.6. The van der Waals surface area contributed by atoms with Crippen LogP contribution >= 0.6 is 0 Å². The Labute approximate surface area is 121 Å². The van der Waals surface area contributed by atoms with E-state index in [1.54, 1.807) is 42.5 Å². The molecular formula is C17H13FN2O. The van der Waals surface area contributed by atoms with Crippen LogP contribution in [-0.2, 0) is 0 Å². The summed E-state index contributed by atoms with van der Waals surface area (Å²) < 4.78 is 13.8. The molecule has 0 radical (unpaired) electrons. The second-order valence-corrected chi connectivity index (χ2v) is 4.86. The predicted octanol–water partition coefficient (Wildman–Crippen LogP) is 3.37. The van der Waals surface area contributed by atoms with Crippen molar-refractivity contribution in [2.24, 2.45) is 0 Å². The number of carbonyl (C=O) groups excluding carboxylic acids is 1. The maximum atomic E-state index is 13.8. The van der Waals surface area contributed by atoms with E-state index in [0.29, 0.717) is 33.3 Å². The first-order chi connectivity index (χ1) is 10.1. The number of rotatable bonds is 2. The molecule has 0 spiro atoms. The fourth-order valence-electron chi connectivity index (χ4n) is 2.42. The smallest absolute Gasteiger partial charge is 0.193 e. The number of nitrogen functional groups attached to an aromatic ring is 2. The molecule has 0 unspecified atom stereocenters. The molecule has 0 saturated heterocycles. The van der Waals surface area contributed by atoms with Gasteiger partial charge in [-0.2, -0.15) is 0 Å². The summed E-state index contributed by atoms with van der Waals surface area (Å²) in [7, 11) is 0. The summed E-state index contributed by atoms with van der Waals surface area (Å²) in [5, 5.41) is 0.990. The van der Waals surface area contributed by atoms with Crippen LogP contribution in [0, 0.1) is 5.82 Å². The van der Waals surface area contributed by atoms with Gasteiger partial charge in [0.15, 0.2) is 5.78 Å². The normalized spacial score (nSPS) is 10.7. The van der Waals surface area contributed by atoms with Crippen molar-refractivity contribution in [1.82, 2.24) is 0 Å². The van der Waals surface area contributed by atoms with Gasteiger partial charge in [-0.05, 0) is 35.7 Å². The minimum absolute atomic E-state index is 0.231. The molecule has 0 aliphatic carbocycles. The zero-order valence-corrected chi connectivity index (χ0v) is 11.1. The average Bonchev–Trinajstić information content (AvgIpc) is 2.46. The van der Waals surface area contributed by atoms with Crippen LogP contribution in [0.15, 0.2) is 54.6 Å². The molecule has 0 amide bonds. The molecule has 4 heteroatoms. The number of nitrogens with two attached hydrogens (primary N) is 2. The summed E-state index contributed by atoms with van der Waals surface area (Å²) in [6.07, 6.45) is 0. The third-order valence-corrected chi connectivity index (χ3v) is 3.36. The van der Waals surface area contributed by atoms with Crippen LogP contribution in [0.2, 0.25) is 0 Å². The van der Waals surface area contributed by atoms with E-state index in [-0.39, 0.29) is 11.6 Å². The number of hydrogen-bond donors (Lipinski definition) is 2. The standard InChI is InChI=1S/C17H13FN2O/c18-16-6-5-15(13-3-1-2-4-14(13)16)17(21)10-7-11(19)9-12(20)8-10/h1-9H,19-20H2. The zero-order chi connectivity index (χ0) is 15.0. The lowest BCUT2D eigenvalue weighted by molar-refractivity contribution is 0.104. The lowest BCUT2D eigenvalue weighted by Gasteiger charge is -2.08. The van der Waals surface area contributed by atoms with Gasteiger partial charge >= 0.3 is 0 Å². The van der Waals surface area contributed by atoms with Crippen LogP contribution in [0.4, 0.5) is 15.8 Å². The average molecular weight is 280 g/mol. The Kier molecular flexibility index (Phi) is 3.06. The van der Waals surface area contributed by atoms with Gasteiger partial charge in [-0.1, -0.05) is 24.3 Å². The molecule has 104 valence electrons. The SMILES string of the molecule is Nc1cc(N)cc(C(=O)c2ccc(F)c3ccccc23)c1. The number of benzene rings is 3. The molecule has 0 bridgehead atoms. The van der Waals surface area contributed by atoms with Crippen molar-refractivity contribution in [3.05, 3.63) is 71.5 Å². The number of carbonyl (C=O) groups is 1. The highest BCUT2D eigenvalue weighted by Crippen LogP contribution is 2.25. The maximum Gasteiger partial charge on any atom is 0.193 e. The van der Waals surface area contributed by atoms with E-state index in [1.807, 2.05) is 0 Å². The maximum absolute atomic E-state index is 13.8.